The topological polar surface area (TPSA) is 21.7 Å². The van der Waals surface area contributed by atoms with Gasteiger partial charge in [-0.3, -0.25) is 0 Å². The van der Waals surface area contributed by atoms with Crippen molar-refractivity contribution in [3.63, 3.8) is 0 Å². The molecule has 2 aliphatic rings. The van der Waals surface area contributed by atoms with Crippen molar-refractivity contribution < 1.29 is 24.7 Å². The third-order valence-corrected chi connectivity index (χ3v) is 9.41. The van der Waals surface area contributed by atoms with Crippen LogP contribution in [0, 0.1) is 18.5 Å². The van der Waals surface area contributed by atoms with Crippen molar-refractivity contribution in [2.24, 2.45) is 0 Å². The summed E-state index contributed by atoms with van der Waals surface area (Å²) in [5.41, 5.74) is 11.8. The van der Waals surface area contributed by atoms with E-state index in [0.717, 1.165) is 11.3 Å². The Kier molecular flexibility index (Phi) is 7.89. The third kappa shape index (κ3) is 5.21. The Bertz CT molecular complexity index is 1730. The van der Waals surface area contributed by atoms with Crippen LogP contribution in [0.25, 0.3) is 28.0 Å². The molecule has 0 bridgehead atoms. The molecule has 7 rings (SSSR count). The van der Waals surface area contributed by atoms with Crippen LogP contribution in [-0.4, -0.2) is 9.55 Å². The van der Waals surface area contributed by atoms with E-state index < -0.39 is 0 Å². The number of aromatic nitrogens is 3. The van der Waals surface area contributed by atoms with Crippen LogP contribution in [0.5, 0.6) is 0 Å². The van der Waals surface area contributed by atoms with Crippen LogP contribution in [-0.2, 0) is 41.9 Å². The molecule has 3 heterocycles. The molecule has 0 N–H and O–H groups in total. The molecule has 43 heavy (non-hydrogen) atoms. The van der Waals surface area contributed by atoms with Gasteiger partial charge in [-0.25, -0.2) is 0 Å². The molecule has 3 aromatic carbocycles. The molecule has 0 fully saturated rings. The van der Waals surface area contributed by atoms with Gasteiger partial charge < -0.3 is 14.1 Å². The van der Waals surface area contributed by atoms with Crippen molar-refractivity contribution in [2.75, 3.05) is 0 Å². The molecule has 0 atom stereocenters. The Morgan fingerprint density at radius 3 is 2.16 bits per heavy atom. The number of rotatable bonds is 1. The largest absolute Gasteiger partial charge is 3.00 e. The second-order valence-corrected chi connectivity index (χ2v) is 14.8. The van der Waals surface area contributed by atoms with E-state index in [1.165, 1.54) is 46.3 Å². The van der Waals surface area contributed by atoms with Crippen LogP contribution in [0.3, 0.4) is 0 Å². The number of imidazole rings is 1. The van der Waals surface area contributed by atoms with Crippen molar-refractivity contribution in [3.05, 3.63) is 114 Å². The monoisotopic (exact) mass is 746 g/mol. The summed E-state index contributed by atoms with van der Waals surface area (Å²) in [5.74, 6) is 0. The first-order valence-electron chi connectivity index (χ1n) is 15.2. The van der Waals surface area contributed by atoms with Crippen LogP contribution < -0.4 is 4.57 Å². The predicted molar refractivity (Wildman–Crippen MR) is 172 cm³/mol. The van der Waals surface area contributed by atoms with E-state index in [2.05, 4.69) is 119 Å². The number of hydrogen-bond donors (Lipinski definition) is 0. The molecule has 0 saturated heterocycles. The summed E-state index contributed by atoms with van der Waals surface area (Å²) < 4.78 is 4.61. The number of hydrogen-bond acceptors (Lipinski definition) is 1. The summed E-state index contributed by atoms with van der Waals surface area (Å²) in [7, 11) is 0. The Labute approximate surface area is 271 Å². The molecule has 0 amide bonds. The van der Waals surface area contributed by atoms with Gasteiger partial charge in [-0.05, 0) is 49.8 Å². The minimum absolute atomic E-state index is 0. The molecule has 222 valence electrons. The van der Waals surface area contributed by atoms with Gasteiger partial charge in [0.15, 0.2) is 0 Å². The summed E-state index contributed by atoms with van der Waals surface area (Å²) in [6, 6.07) is 29.6. The minimum Gasteiger partial charge on any atom is -0.341 e. The summed E-state index contributed by atoms with van der Waals surface area (Å²) >= 11 is 0. The molecular weight excluding hydrogens is 703 g/mol. The molecule has 0 radical (unpaired) electrons. The van der Waals surface area contributed by atoms with E-state index in [4.69, 9.17) is 0 Å². The Balaban J connectivity index is 0.000000238. The van der Waals surface area contributed by atoms with Crippen LogP contribution in [0.1, 0.15) is 97.4 Å². The van der Waals surface area contributed by atoms with Crippen LogP contribution in [0.15, 0.2) is 72.9 Å². The first-order valence-corrected chi connectivity index (χ1v) is 15.2. The second kappa shape index (κ2) is 10.8. The Hall–Kier alpha value is -3.07. The van der Waals surface area contributed by atoms with Crippen molar-refractivity contribution in [2.45, 2.75) is 96.9 Å². The number of para-hydroxylation sites is 1. The molecule has 4 heteroatoms. The standard InChI is InChI=1S/C28H35N2.C11H8N.Ir/c1-25(2,3)30-17-29-20-14-13-18-22(27(6,7)16-15-26(18,4)5)23(20)28(8,9)19-11-10-12-21(30)24(19)29;1-2-6-10(7-3-1)11-8-4-5-9-12-11;/h10-13H,15-16H2,1-9H3;1-6,8-9H;/q2*-1;+3. The summed E-state index contributed by atoms with van der Waals surface area (Å²) in [6.07, 6.45) is 7.95. The van der Waals surface area contributed by atoms with Crippen LogP contribution >= 0.6 is 0 Å². The molecule has 2 aromatic heterocycles. The molecule has 0 unspecified atom stereocenters. The quantitative estimate of drug-likeness (QED) is 0.124. The van der Waals surface area contributed by atoms with Crippen molar-refractivity contribution in [1.82, 2.24) is 9.55 Å². The fourth-order valence-corrected chi connectivity index (χ4v) is 6.98. The van der Waals surface area contributed by atoms with Crippen LogP contribution in [0.2, 0.25) is 0 Å². The number of pyridine rings is 1. The van der Waals surface area contributed by atoms with Gasteiger partial charge in [-0.2, -0.15) is 12.1 Å². The van der Waals surface area contributed by atoms with Crippen LogP contribution in [0.4, 0.5) is 0 Å². The maximum Gasteiger partial charge on any atom is 3.00 e. The minimum atomic E-state index is -0.0840. The fraction of sp³-hybridized carbons (Fsp3) is 0.385. The van der Waals surface area contributed by atoms with E-state index in [-0.39, 0.29) is 41.9 Å². The van der Waals surface area contributed by atoms with Crippen molar-refractivity contribution in [3.8, 4) is 16.9 Å². The molecule has 1 aliphatic carbocycles. The summed E-state index contributed by atoms with van der Waals surface area (Å²) in [5, 5.41) is 0. The number of benzene rings is 3. The predicted octanol–water partition coefficient (Wildman–Crippen LogP) is 8.81. The van der Waals surface area contributed by atoms with Gasteiger partial charge in [-0.15, -0.1) is 52.6 Å². The smallest absolute Gasteiger partial charge is 0.341 e. The van der Waals surface area contributed by atoms with Crippen molar-refractivity contribution in [1.29, 1.82) is 0 Å². The molecule has 0 saturated carbocycles. The maximum atomic E-state index is 4.22. The molecule has 3 nitrogen and oxygen atoms in total. The Morgan fingerprint density at radius 2 is 1.51 bits per heavy atom. The normalized spacial score (nSPS) is 17.1. The van der Waals surface area contributed by atoms with E-state index in [1.807, 2.05) is 42.5 Å². The van der Waals surface area contributed by atoms with Gasteiger partial charge in [0, 0.05) is 6.20 Å². The second-order valence-electron chi connectivity index (χ2n) is 14.8. The Morgan fingerprint density at radius 1 is 0.791 bits per heavy atom. The van der Waals surface area contributed by atoms with E-state index in [1.54, 1.807) is 11.8 Å². The summed E-state index contributed by atoms with van der Waals surface area (Å²) in [4.78, 5) is 4.22. The molecule has 1 aliphatic heterocycles. The first kappa shape index (κ1) is 31.4. The summed E-state index contributed by atoms with van der Waals surface area (Å²) in [6.45, 7) is 21.3. The van der Waals surface area contributed by atoms with E-state index >= 15 is 0 Å². The van der Waals surface area contributed by atoms with Crippen molar-refractivity contribution >= 4 is 11.0 Å². The SMILES string of the molecule is CC1(C)CCC(C)(C)c2c1c[c-]c1c2C(C)(C)c2cccc3c2[n+]-1[c-]n3C(C)(C)C.[Ir+3].[c-]1ccccc1-c1ccccn1. The van der Waals surface area contributed by atoms with Gasteiger partial charge in [0.05, 0.1) is 16.6 Å². The molecular formula is C39H43IrN3+. The fourth-order valence-electron chi connectivity index (χ4n) is 6.98. The van der Waals surface area contributed by atoms with Gasteiger partial charge >= 0.3 is 20.1 Å². The van der Waals surface area contributed by atoms with Gasteiger partial charge in [0.2, 0.25) is 6.33 Å². The van der Waals surface area contributed by atoms with Gasteiger partial charge in [-0.1, -0.05) is 95.0 Å². The number of fused-ring (bicyclic) bond motifs is 4. The zero-order valence-electron chi connectivity index (χ0n) is 27.0. The van der Waals surface area contributed by atoms with Gasteiger partial charge in [0.25, 0.3) is 0 Å². The zero-order valence-corrected chi connectivity index (χ0v) is 29.4. The average Bonchev–Trinajstić information content (AvgIpc) is 3.36. The molecule has 5 aromatic rings. The zero-order chi connectivity index (χ0) is 30.1. The van der Waals surface area contributed by atoms with Gasteiger partial charge in [0.1, 0.15) is 0 Å². The van der Waals surface area contributed by atoms with E-state index in [0.29, 0.717) is 0 Å². The number of nitrogens with zero attached hydrogens (tertiary/aromatic N) is 3. The first-order chi connectivity index (χ1) is 19.7. The van der Waals surface area contributed by atoms with E-state index in [9.17, 15) is 0 Å². The molecule has 0 spiro atoms. The third-order valence-electron chi connectivity index (χ3n) is 9.41. The average molecular weight is 746 g/mol. The maximum absolute atomic E-state index is 4.22.